The molecule has 622 valence electrons. The highest BCUT2D eigenvalue weighted by Crippen LogP contribution is 2.44. The Bertz CT molecular complexity index is 7510. The van der Waals surface area contributed by atoms with Crippen LogP contribution in [0.4, 0.5) is 0 Å². The van der Waals surface area contributed by atoms with Gasteiger partial charge in [0.2, 0.25) is 45.6 Å². The van der Waals surface area contributed by atoms with Crippen molar-refractivity contribution in [1.29, 1.82) is 0 Å². The van der Waals surface area contributed by atoms with Gasteiger partial charge in [0.25, 0.3) is 0 Å². The molecule has 0 aliphatic heterocycles. The summed E-state index contributed by atoms with van der Waals surface area (Å²) in [6, 6.07) is 87.0. The molecule has 12 heterocycles. The van der Waals surface area contributed by atoms with Crippen LogP contribution in [-0.2, 0) is 34.6 Å². The second-order valence-electron chi connectivity index (χ2n) is 35.4. The Morgan fingerprint density at radius 2 is 0.592 bits per heavy atom. The Morgan fingerprint density at radius 1 is 0.272 bits per heavy atom. The van der Waals surface area contributed by atoms with Crippen LogP contribution in [-0.4, -0.2) is 19.9 Å². The summed E-state index contributed by atoms with van der Waals surface area (Å²) in [7, 11) is 8.40. The first-order valence-electron chi connectivity index (χ1n) is 43.8. The van der Waals surface area contributed by atoms with E-state index in [0.29, 0.717) is 46.5 Å². The van der Waals surface area contributed by atoms with Crippen molar-refractivity contribution < 1.29 is 35.9 Å². The minimum absolute atomic E-state index is 0.517. The predicted molar refractivity (Wildman–Crippen MR) is 513 cm³/mol. The predicted octanol–water partition coefficient (Wildman–Crippen LogP) is 27.6. The molecule has 12 aromatic heterocycles. The van der Waals surface area contributed by atoms with Crippen molar-refractivity contribution in [2.75, 3.05) is 0 Å². The molecule has 12 nitrogen and oxygen atoms in total. The molecule has 0 aliphatic carbocycles. The van der Waals surface area contributed by atoms with Gasteiger partial charge in [-0.15, -0.1) is 0 Å². The van der Waals surface area contributed by atoms with Crippen molar-refractivity contribution in [3.63, 3.8) is 0 Å². The fourth-order valence-electron chi connectivity index (χ4n) is 17.6. The van der Waals surface area contributed by atoms with Crippen LogP contribution in [0.15, 0.2) is 285 Å². The van der Waals surface area contributed by atoms with Crippen LogP contribution in [0.3, 0.4) is 0 Å². The van der Waals surface area contributed by atoms with Crippen molar-refractivity contribution in [2.24, 2.45) is 34.1 Å². The van der Waals surface area contributed by atoms with E-state index in [4.69, 9.17) is 17.7 Å². The first-order valence-corrected chi connectivity index (χ1v) is 43.8. The number of fused-ring (bicyclic) bond motifs is 12. The zero-order valence-electron chi connectivity index (χ0n) is 75.6. The number of aromatic nitrogens is 8. The van der Waals surface area contributed by atoms with Crippen LogP contribution < -0.4 is 18.3 Å². The maximum absolute atomic E-state index is 6.37. The second kappa shape index (κ2) is 34.5. The second-order valence-corrected chi connectivity index (χ2v) is 35.4. The molecular weight excluding hydrogens is 1530 g/mol. The Kier molecular flexibility index (Phi) is 23.0. The third-order valence-electron chi connectivity index (χ3n) is 24.7. The summed E-state index contributed by atoms with van der Waals surface area (Å²) in [6.07, 6.45) is 9.75. The van der Waals surface area contributed by atoms with Crippen LogP contribution in [0.25, 0.3) is 178 Å². The molecule has 0 N–H and O–H groups in total. The summed E-state index contributed by atoms with van der Waals surface area (Å²) in [5, 5.41) is 8.67. The lowest BCUT2D eigenvalue weighted by Crippen LogP contribution is -2.31. The standard InChI is InChI=1S/C29H29N2O.3C28H27N2O/c1-18(2)16-21-8-10-22(11-9-21)23-12-15-26(31(5)17-23)27-19(3)6-13-24-25-14-7-20(4)30-29(25)32-28(24)27;1-17(2)20-8-10-21(11-9-20)22-12-15-25(30(5)16-22)26-18(3)6-13-23-24-14-7-19(4)29-28(24)31-27(23)26;1-17(2)20-8-10-21(11-9-20)22-14-15-30(5)25(16-22)26-18(3)6-12-23-24-13-7-19(4)29-28(24)31-27(23)26;1-17(2)20-10-12-21(13-11-20)22-7-6-16-30(5)26(22)25-18(3)8-14-23-24-15-9-19(4)29-28(24)31-27(23)25/h6-15,17-18H,16H2,1-5H3;3*6-17H,1-5H3/q4*+1. The van der Waals surface area contributed by atoms with E-state index in [1.807, 2.05) is 52.0 Å². The van der Waals surface area contributed by atoms with Gasteiger partial charge >= 0.3 is 0 Å². The van der Waals surface area contributed by atoms with Crippen molar-refractivity contribution >= 4 is 88.3 Å². The van der Waals surface area contributed by atoms with Gasteiger partial charge in [0.05, 0.1) is 27.8 Å². The van der Waals surface area contributed by atoms with E-state index in [-0.39, 0.29) is 0 Å². The Morgan fingerprint density at radius 3 is 0.952 bits per heavy atom. The first-order chi connectivity index (χ1) is 60.2. The van der Waals surface area contributed by atoms with E-state index in [2.05, 4.69) is 393 Å². The molecule has 0 amide bonds. The van der Waals surface area contributed by atoms with Gasteiger partial charge in [-0.1, -0.05) is 201 Å². The van der Waals surface area contributed by atoms with Gasteiger partial charge in [-0.2, -0.15) is 0 Å². The van der Waals surface area contributed by atoms with Crippen LogP contribution in [0.5, 0.6) is 0 Å². The zero-order chi connectivity index (χ0) is 87.5. The molecule has 0 saturated heterocycles. The largest absolute Gasteiger partial charge is 0.437 e. The fourth-order valence-corrected chi connectivity index (χ4v) is 17.6. The number of furan rings is 4. The highest BCUT2D eigenvalue weighted by molar-refractivity contribution is 6.12. The van der Waals surface area contributed by atoms with Gasteiger partial charge < -0.3 is 17.7 Å². The fraction of sp³-hybridized carbons (Fsp3) is 0.221. The van der Waals surface area contributed by atoms with E-state index >= 15 is 0 Å². The van der Waals surface area contributed by atoms with Gasteiger partial charge in [0.1, 0.15) is 28.2 Å². The molecule has 8 aromatic carbocycles. The molecule has 0 aliphatic rings. The molecule has 12 heteroatoms. The Balaban J connectivity index is 0.000000118. The molecule has 0 unspecified atom stereocenters. The van der Waals surface area contributed by atoms with Gasteiger partial charge in [0.15, 0.2) is 47.1 Å². The quantitative estimate of drug-likeness (QED) is 0.105. The molecule has 20 aromatic rings. The van der Waals surface area contributed by atoms with E-state index in [1.165, 1.54) is 89.0 Å². The zero-order valence-corrected chi connectivity index (χ0v) is 75.6. The number of rotatable bonds is 13. The number of benzene rings is 8. The van der Waals surface area contributed by atoms with Crippen molar-refractivity contribution in [3.05, 3.63) is 335 Å². The minimum Gasteiger partial charge on any atom is -0.437 e. The lowest BCUT2D eigenvalue weighted by Gasteiger charge is -2.12. The molecule has 0 saturated carbocycles. The van der Waals surface area contributed by atoms with Gasteiger partial charge in [0, 0.05) is 107 Å². The van der Waals surface area contributed by atoms with Gasteiger partial charge in [-0.05, 0) is 225 Å². The highest BCUT2D eigenvalue weighted by Gasteiger charge is 2.29. The lowest BCUT2D eigenvalue weighted by molar-refractivity contribution is -0.660. The maximum Gasteiger partial charge on any atom is 0.227 e. The summed E-state index contributed by atoms with van der Waals surface area (Å²) in [6.45, 7) is 34.4. The first kappa shape index (κ1) is 83.4. The number of hydrogen-bond donors (Lipinski definition) is 0. The van der Waals surface area contributed by atoms with Crippen LogP contribution in [0, 0.1) is 61.3 Å². The molecule has 0 radical (unpaired) electrons. The molecule has 0 fully saturated rings. The van der Waals surface area contributed by atoms with E-state index < -0.39 is 0 Å². The topological polar surface area (TPSA) is 120 Å². The highest BCUT2D eigenvalue weighted by atomic mass is 16.4. The van der Waals surface area contributed by atoms with Crippen molar-refractivity contribution in [1.82, 2.24) is 19.9 Å². The third kappa shape index (κ3) is 16.5. The average molecular weight is 1640 g/mol. The maximum atomic E-state index is 6.37. The summed E-state index contributed by atoms with van der Waals surface area (Å²) in [4.78, 5) is 18.5. The van der Waals surface area contributed by atoms with Crippen LogP contribution in [0.2, 0.25) is 0 Å². The van der Waals surface area contributed by atoms with Gasteiger partial charge in [-0.3, -0.25) is 0 Å². The smallest absolute Gasteiger partial charge is 0.227 e. The van der Waals surface area contributed by atoms with E-state index in [9.17, 15) is 0 Å². The Labute approximate surface area is 732 Å². The van der Waals surface area contributed by atoms with E-state index in [1.54, 1.807) is 0 Å². The average Bonchev–Trinajstić information content (AvgIpc) is 1.64. The number of aryl methyl sites for hydroxylation is 12. The number of pyridine rings is 8. The molecule has 125 heavy (non-hydrogen) atoms. The minimum atomic E-state index is 0.517. The number of hydrogen-bond acceptors (Lipinski definition) is 8. The normalized spacial score (nSPS) is 11.7. The van der Waals surface area contributed by atoms with Crippen LogP contribution >= 0.6 is 0 Å². The monoisotopic (exact) mass is 1640 g/mol. The summed E-state index contributed by atoms with van der Waals surface area (Å²) >= 11 is 0. The lowest BCUT2D eigenvalue weighted by atomic mass is 9.93. The molecule has 0 bridgehead atoms. The number of nitrogens with zero attached hydrogens (tertiary/aromatic N) is 8. The third-order valence-corrected chi connectivity index (χ3v) is 24.7. The summed E-state index contributed by atoms with van der Waals surface area (Å²) in [5.41, 5.74) is 39.2. The molecule has 0 atom stereocenters. The molecule has 0 spiro atoms. The summed E-state index contributed by atoms with van der Waals surface area (Å²) < 4.78 is 34.0. The SMILES string of the molecule is Cc1ccc2c(n1)oc1c(-c3c(-c4ccc(C(C)C)cc4)ccc[n+]3C)c(C)ccc12.Cc1ccc2c(n1)oc1c(-c3cc(-c4ccc(C(C)C)cc4)cc[n+]3C)c(C)ccc12.Cc1ccc2c(n1)oc1c(-c3ccc(-c4ccc(C(C)C)cc4)c[n+]3C)c(C)ccc12.Cc1ccc2c(n1)oc1c(-c3ccc(-c4ccc(CC(C)C)cc4)c[n+]3C)c(C)ccc12. The molecule has 20 rings (SSSR count). The summed E-state index contributed by atoms with van der Waals surface area (Å²) in [5.74, 6) is 2.26. The van der Waals surface area contributed by atoms with Gasteiger partial charge in [-0.25, -0.2) is 38.2 Å². The van der Waals surface area contributed by atoms with Crippen LogP contribution in [0.1, 0.15) is 140 Å². The Hall–Kier alpha value is -13.8. The van der Waals surface area contributed by atoms with Crippen molar-refractivity contribution in [2.45, 2.75) is 135 Å². The molecular formula is C113H110N8O4+4. The van der Waals surface area contributed by atoms with Crippen molar-refractivity contribution in [3.8, 4) is 89.5 Å². The van der Waals surface area contributed by atoms with E-state index in [0.717, 1.165) is 140 Å².